The summed E-state index contributed by atoms with van der Waals surface area (Å²) in [6.45, 7) is 3.39. The van der Waals surface area contributed by atoms with Gasteiger partial charge in [0.1, 0.15) is 0 Å². The van der Waals surface area contributed by atoms with Gasteiger partial charge in [0.2, 0.25) is 10.0 Å². The number of sulfonamides is 1. The molecule has 12 heteroatoms. The molecule has 1 aliphatic rings. The van der Waals surface area contributed by atoms with E-state index in [9.17, 15) is 31.2 Å². The maximum absolute atomic E-state index is 14.0. The van der Waals surface area contributed by atoms with Crippen LogP contribution in [0.1, 0.15) is 11.1 Å². The number of aryl methyl sites for hydroxylation is 2. The summed E-state index contributed by atoms with van der Waals surface area (Å²) >= 11 is 0. The van der Waals surface area contributed by atoms with E-state index >= 15 is 0 Å². The fourth-order valence-corrected chi connectivity index (χ4v) is 4.12. The maximum Gasteiger partial charge on any atom is 0.435 e. The summed E-state index contributed by atoms with van der Waals surface area (Å²) in [4.78, 5) is 24.9. The quantitative estimate of drug-likeness (QED) is 0.495. The van der Waals surface area contributed by atoms with Crippen molar-refractivity contribution in [3.8, 4) is 0 Å². The molecule has 0 bridgehead atoms. The number of nitrogens with one attached hydrogen (secondary N) is 2. The molecule has 1 fully saturated rings. The van der Waals surface area contributed by atoms with Crippen molar-refractivity contribution in [1.29, 1.82) is 0 Å². The molecule has 2 aromatic rings. The van der Waals surface area contributed by atoms with Crippen LogP contribution in [0.25, 0.3) is 0 Å². The van der Waals surface area contributed by atoms with Crippen molar-refractivity contribution in [2.75, 3.05) is 10.6 Å². The van der Waals surface area contributed by atoms with Gasteiger partial charge in [-0.05, 0) is 61.4 Å². The van der Waals surface area contributed by atoms with Crippen molar-refractivity contribution in [2.24, 2.45) is 0 Å². The Morgan fingerprint density at radius 1 is 1.03 bits per heavy atom. The summed E-state index contributed by atoms with van der Waals surface area (Å²) in [6, 6.07) is 7.05. The molecule has 0 aliphatic carbocycles. The third-order valence-corrected chi connectivity index (χ3v) is 6.14. The Hall–Kier alpha value is -3.12. The van der Waals surface area contributed by atoms with Gasteiger partial charge >= 0.3 is 12.2 Å². The van der Waals surface area contributed by atoms with E-state index < -0.39 is 38.7 Å². The van der Waals surface area contributed by atoms with Crippen LogP contribution in [0.3, 0.4) is 0 Å². The van der Waals surface area contributed by atoms with E-state index in [1.807, 2.05) is 0 Å². The molecule has 3 amide bonds. The number of nitrogen functional groups attached to an aromatic ring is 1. The number of amides is 3. The van der Waals surface area contributed by atoms with E-state index in [4.69, 9.17) is 5.73 Å². The number of alkyl halides is 3. The van der Waals surface area contributed by atoms with Gasteiger partial charge in [0.15, 0.2) is 0 Å². The van der Waals surface area contributed by atoms with Gasteiger partial charge in [-0.25, -0.2) is 18.1 Å². The number of carbonyl (C=O) groups excluding carboxylic acids is 2. The molecular formula is C18H17F3N4O4S. The first kappa shape index (κ1) is 21.6. The van der Waals surface area contributed by atoms with Gasteiger partial charge in [0.05, 0.1) is 10.6 Å². The molecule has 8 nitrogen and oxygen atoms in total. The molecular weight excluding hydrogens is 425 g/mol. The molecule has 0 aromatic heterocycles. The van der Waals surface area contributed by atoms with Crippen molar-refractivity contribution < 1.29 is 31.2 Å². The zero-order chi connectivity index (χ0) is 22.5. The highest BCUT2D eigenvalue weighted by molar-refractivity contribution is 7.89. The summed E-state index contributed by atoms with van der Waals surface area (Å²) in [6.07, 6.45) is -5.48. The van der Waals surface area contributed by atoms with Gasteiger partial charge < -0.3 is 11.1 Å². The fraction of sp³-hybridized carbons (Fsp3) is 0.222. The predicted octanol–water partition coefficient (Wildman–Crippen LogP) is 2.18. The number of anilines is 2. The molecule has 3 rings (SSSR count). The number of hydrogen-bond donors (Lipinski definition) is 3. The van der Waals surface area contributed by atoms with Crippen molar-refractivity contribution in [3.63, 3.8) is 0 Å². The van der Waals surface area contributed by atoms with E-state index in [0.717, 1.165) is 17.7 Å². The molecule has 4 N–H and O–H groups in total. The van der Waals surface area contributed by atoms with Crippen molar-refractivity contribution in [3.05, 3.63) is 53.6 Å². The third-order valence-electron chi connectivity index (χ3n) is 4.67. The first-order valence-electron chi connectivity index (χ1n) is 8.49. The smallest absolute Gasteiger partial charge is 0.399 e. The molecule has 1 saturated heterocycles. The minimum atomic E-state index is -5.48. The molecule has 1 heterocycles. The Bertz CT molecular complexity index is 1130. The average molecular weight is 442 g/mol. The number of urea groups is 1. The number of benzene rings is 2. The van der Waals surface area contributed by atoms with Gasteiger partial charge in [0, 0.05) is 5.69 Å². The summed E-state index contributed by atoms with van der Waals surface area (Å²) in [7, 11) is -4.87. The number of nitrogens with two attached hydrogens (primary N) is 1. The minimum Gasteiger partial charge on any atom is -0.399 e. The molecule has 0 saturated carbocycles. The Morgan fingerprint density at radius 3 is 2.17 bits per heavy atom. The summed E-state index contributed by atoms with van der Waals surface area (Å²) < 4.78 is 68.4. The average Bonchev–Trinajstić information content (AvgIpc) is 2.88. The van der Waals surface area contributed by atoms with Crippen LogP contribution in [0.4, 0.5) is 29.3 Å². The van der Waals surface area contributed by atoms with Crippen LogP contribution in [0, 0.1) is 13.8 Å². The molecule has 0 spiro atoms. The van der Waals surface area contributed by atoms with Gasteiger partial charge in [-0.2, -0.15) is 17.9 Å². The van der Waals surface area contributed by atoms with Gasteiger partial charge in [-0.15, -0.1) is 0 Å². The van der Waals surface area contributed by atoms with Crippen LogP contribution < -0.4 is 20.7 Å². The standard InChI is InChI=1S/C18H17F3N4O4S/c1-10-3-6-13(9-11(10)2)25-15(26)17(18(19,20)21,23-16(25)27)24-30(28,29)14-7-4-12(22)5-8-14/h3-9,24H,22H2,1-2H3,(H,23,27)/t17-/m1/s1. The number of halogens is 3. The highest BCUT2D eigenvalue weighted by Crippen LogP contribution is 2.37. The SMILES string of the molecule is Cc1ccc(N2C(=O)N[C@](NS(=O)(=O)c3ccc(N)cc3)(C(F)(F)F)C2=O)cc1C. The monoisotopic (exact) mass is 442 g/mol. The number of carbonyl (C=O) groups is 2. The first-order valence-corrected chi connectivity index (χ1v) is 9.97. The van der Waals surface area contributed by atoms with E-state index in [2.05, 4.69) is 0 Å². The van der Waals surface area contributed by atoms with Crippen molar-refractivity contribution >= 4 is 33.3 Å². The topological polar surface area (TPSA) is 122 Å². The van der Waals surface area contributed by atoms with Crippen molar-refractivity contribution in [2.45, 2.75) is 30.6 Å². The van der Waals surface area contributed by atoms with Crippen LogP contribution in [0.15, 0.2) is 47.4 Å². The van der Waals surface area contributed by atoms with Gasteiger partial charge in [0.25, 0.3) is 11.6 Å². The molecule has 0 unspecified atom stereocenters. The lowest BCUT2D eigenvalue weighted by atomic mass is 10.1. The Kier molecular flexibility index (Phi) is 5.03. The number of nitrogens with zero attached hydrogens (tertiary/aromatic N) is 1. The Balaban J connectivity index is 2.08. The zero-order valence-corrected chi connectivity index (χ0v) is 16.6. The van der Waals surface area contributed by atoms with Crippen LogP contribution in [-0.2, 0) is 14.8 Å². The number of rotatable bonds is 4. The minimum absolute atomic E-state index is 0.126. The lowest BCUT2D eigenvalue weighted by molar-refractivity contribution is -0.194. The third kappa shape index (κ3) is 3.48. The van der Waals surface area contributed by atoms with Gasteiger partial charge in [-0.3, -0.25) is 4.79 Å². The lowest BCUT2D eigenvalue weighted by Crippen LogP contribution is -2.69. The Morgan fingerprint density at radius 2 is 1.63 bits per heavy atom. The molecule has 1 aliphatic heterocycles. The fourth-order valence-electron chi connectivity index (χ4n) is 2.86. The second kappa shape index (κ2) is 6.99. The predicted molar refractivity (Wildman–Crippen MR) is 102 cm³/mol. The summed E-state index contributed by atoms with van der Waals surface area (Å²) in [5.74, 6) is -1.82. The summed E-state index contributed by atoms with van der Waals surface area (Å²) in [5, 5.41) is 1.47. The van der Waals surface area contributed by atoms with Crippen LogP contribution in [-0.4, -0.2) is 32.2 Å². The molecule has 30 heavy (non-hydrogen) atoms. The molecule has 0 radical (unpaired) electrons. The highest BCUT2D eigenvalue weighted by atomic mass is 32.2. The normalized spacial score (nSPS) is 19.8. The number of imide groups is 1. The van der Waals surface area contributed by atoms with E-state index in [0.29, 0.717) is 5.56 Å². The zero-order valence-electron chi connectivity index (χ0n) is 15.7. The second-order valence-corrected chi connectivity index (χ2v) is 8.44. The lowest BCUT2D eigenvalue weighted by Gasteiger charge is -2.29. The Labute approximate surface area is 169 Å². The first-order chi connectivity index (χ1) is 13.8. The van der Waals surface area contributed by atoms with E-state index in [1.165, 1.54) is 40.4 Å². The number of hydrogen-bond acceptors (Lipinski definition) is 5. The second-order valence-electron chi connectivity index (χ2n) is 6.76. The molecule has 1 atom stereocenters. The van der Waals surface area contributed by atoms with Crippen molar-refractivity contribution in [1.82, 2.24) is 10.0 Å². The molecule has 2 aromatic carbocycles. The van der Waals surface area contributed by atoms with Crippen LogP contribution in [0.2, 0.25) is 0 Å². The van der Waals surface area contributed by atoms with Crippen LogP contribution >= 0.6 is 0 Å². The van der Waals surface area contributed by atoms with Crippen LogP contribution in [0.5, 0.6) is 0 Å². The largest absolute Gasteiger partial charge is 0.435 e. The van der Waals surface area contributed by atoms with E-state index in [-0.39, 0.29) is 16.3 Å². The van der Waals surface area contributed by atoms with E-state index in [1.54, 1.807) is 13.8 Å². The summed E-state index contributed by atoms with van der Waals surface area (Å²) in [5.41, 5.74) is 3.06. The van der Waals surface area contributed by atoms with Gasteiger partial charge in [-0.1, -0.05) is 6.07 Å². The molecule has 160 valence electrons. The highest BCUT2D eigenvalue weighted by Gasteiger charge is 2.69. The maximum atomic E-state index is 14.0.